The third kappa shape index (κ3) is 6.80. The van der Waals surface area contributed by atoms with Crippen LogP contribution >= 0.6 is 15.6 Å². The molecule has 2 radical (unpaired) electrons. The molecular formula is C37H54N6O5P2. The number of hydrogen-bond acceptors (Lipinski definition) is 11. The normalized spacial score (nSPS) is 21.1. The highest BCUT2D eigenvalue weighted by Gasteiger charge is 2.62. The van der Waals surface area contributed by atoms with Crippen LogP contribution in [0, 0.1) is 17.8 Å². The number of ether oxygens (including phenoxy) is 2. The van der Waals surface area contributed by atoms with E-state index in [-0.39, 0.29) is 10.8 Å². The molecule has 0 aliphatic carbocycles. The van der Waals surface area contributed by atoms with Gasteiger partial charge in [-0.25, -0.2) is 9.97 Å². The van der Waals surface area contributed by atoms with Crippen LogP contribution in [0.1, 0.15) is 50.2 Å². The summed E-state index contributed by atoms with van der Waals surface area (Å²) in [4.78, 5) is 36.1. The maximum absolute atomic E-state index is 13.1. The summed E-state index contributed by atoms with van der Waals surface area (Å²) in [5.74, 6) is 2.63. The summed E-state index contributed by atoms with van der Waals surface area (Å²) in [6.45, 7) is 14.0. The second kappa shape index (κ2) is 13.7. The minimum atomic E-state index is -3.20. The summed E-state index contributed by atoms with van der Waals surface area (Å²) in [6, 6.07) is 17.7. The number of aromatic nitrogens is 2. The summed E-state index contributed by atoms with van der Waals surface area (Å²) in [7, 11) is 3.17. The lowest BCUT2D eigenvalue weighted by atomic mass is 9.93. The number of pyridine rings is 1. The molecule has 0 atom stereocenters. The Hall–Kier alpha value is -2.72. The lowest BCUT2D eigenvalue weighted by Crippen LogP contribution is -2.54. The van der Waals surface area contributed by atoms with Crippen molar-refractivity contribution in [2.24, 2.45) is 10.8 Å². The molecule has 0 saturated carbocycles. The van der Waals surface area contributed by atoms with Gasteiger partial charge in [-0.3, -0.25) is 18.7 Å². The largest absolute Gasteiger partial charge is 0.495 e. The molecule has 2 aromatic heterocycles. The summed E-state index contributed by atoms with van der Waals surface area (Å²) < 4.78 is 26.6. The van der Waals surface area contributed by atoms with Crippen LogP contribution in [-0.2, 0) is 6.42 Å². The Morgan fingerprint density at radius 1 is 0.820 bits per heavy atom. The van der Waals surface area contributed by atoms with Crippen LogP contribution in [0.2, 0.25) is 0 Å². The summed E-state index contributed by atoms with van der Waals surface area (Å²) in [5, 5.41) is 0.133. The third-order valence-electron chi connectivity index (χ3n) is 10.1. The molecule has 0 bridgehead atoms. The van der Waals surface area contributed by atoms with Crippen LogP contribution < -0.4 is 9.47 Å². The summed E-state index contributed by atoms with van der Waals surface area (Å²) >= 11 is 0. The van der Waals surface area contributed by atoms with Crippen molar-refractivity contribution in [2.45, 2.75) is 46.4 Å². The number of hydrogen-bond donors (Lipinski definition) is 2. The van der Waals surface area contributed by atoms with Gasteiger partial charge >= 0.3 is 0 Å². The minimum Gasteiger partial charge on any atom is -0.495 e. The molecule has 2 aliphatic rings. The van der Waals surface area contributed by atoms with E-state index in [9.17, 15) is 9.79 Å². The fourth-order valence-corrected chi connectivity index (χ4v) is 17.7. The average Bonchev–Trinajstić information content (AvgIpc) is 3.42. The molecule has 2 N–H and O–H groups in total. The van der Waals surface area contributed by atoms with Gasteiger partial charge in [0.15, 0.2) is 0 Å². The van der Waals surface area contributed by atoms with E-state index in [0.717, 1.165) is 27.9 Å². The number of benzene rings is 2. The summed E-state index contributed by atoms with van der Waals surface area (Å²) in [6.07, 6.45) is 0.600. The van der Waals surface area contributed by atoms with Crippen LogP contribution in [0.25, 0.3) is 22.4 Å². The molecule has 0 amide bonds. The zero-order chi connectivity index (χ0) is 36.2. The number of oxazole rings is 1. The smallest absolute Gasteiger partial charge is 0.226 e. The van der Waals surface area contributed by atoms with Gasteiger partial charge in [-0.05, 0) is 82.3 Å². The van der Waals surface area contributed by atoms with E-state index in [4.69, 9.17) is 23.9 Å². The van der Waals surface area contributed by atoms with Crippen molar-refractivity contribution in [3.63, 3.8) is 0 Å². The topological polar surface area (TPSA) is 111 Å². The molecule has 2 aliphatic heterocycles. The molecule has 11 nitrogen and oxygen atoms in total. The fraction of sp³-hybridized carbons (Fsp3) is 0.514. The van der Waals surface area contributed by atoms with E-state index in [0.29, 0.717) is 62.3 Å². The first-order valence-electron chi connectivity index (χ1n) is 17.2. The number of aryl methyl sites for hydroxylation is 1. The third-order valence-corrected chi connectivity index (χ3v) is 18.3. The predicted molar refractivity (Wildman–Crippen MR) is 203 cm³/mol. The number of methoxy groups -OCH3 is 1. The Bertz CT molecular complexity index is 1770. The first-order valence-corrected chi connectivity index (χ1v) is 20.6. The van der Waals surface area contributed by atoms with Crippen molar-refractivity contribution >= 4 is 26.5 Å². The minimum absolute atomic E-state index is 0.0401. The molecule has 2 saturated heterocycles. The van der Waals surface area contributed by atoms with E-state index in [1.807, 2.05) is 89.7 Å². The van der Waals surface area contributed by atoms with Gasteiger partial charge in [-0.2, -0.15) is 0 Å². The quantitative estimate of drug-likeness (QED) is 0.172. The van der Waals surface area contributed by atoms with Gasteiger partial charge in [0.1, 0.15) is 43.9 Å². The van der Waals surface area contributed by atoms with Crippen molar-refractivity contribution < 1.29 is 23.7 Å². The Morgan fingerprint density at radius 2 is 1.38 bits per heavy atom. The first-order chi connectivity index (χ1) is 23.5. The highest BCUT2D eigenvalue weighted by Crippen LogP contribution is 2.89. The lowest BCUT2D eigenvalue weighted by molar-refractivity contribution is 0.155. The van der Waals surface area contributed by atoms with Gasteiger partial charge in [-0.15, -0.1) is 0 Å². The number of fused-ring (bicyclic) bond motifs is 1. The monoisotopic (exact) mass is 724 g/mol. The molecule has 2 fully saturated rings. The molecular weight excluding hydrogens is 670 g/mol. The van der Waals surface area contributed by atoms with Crippen LogP contribution in [0.4, 0.5) is 0 Å². The molecule has 2 aromatic carbocycles. The van der Waals surface area contributed by atoms with Crippen molar-refractivity contribution in [1.82, 2.24) is 28.6 Å². The van der Waals surface area contributed by atoms with Gasteiger partial charge in [0.2, 0.25) is 5.89 Å². The van der Waals surface area contributed by atoms with Crippen LogP contribution in [0.5, 0.6) is 11.5 Å². The fourth-order valence-electron chi connectivity index (χ4n) is 8.02. The van der Waals surface area contributed by atoms with Gasteiger partial charge < -0.3 is 23.7 Å². The molecule has 4 aromatic rings. The Morgan fingerprint density at radius 3 is 1.92 bits per heavy atom. The van der Waals surface area contributed by atoms with Gasteiger partial charge in [0, 0.05) is 43.5 Å². The van der Waals surface area contributed by atoms with Crippen molar-refractivity contribution in [1.29, 1.82) is 0 Å². The van der Waals surface area contributed by atoms with Crippen LogP contribution in [0.3, 0.4) is 0 Å². The van der Waals surface area contributed by atoms with Gasteiger partial charge in [0.25, 0.3) is 0 Å². The highest BCUT2D eigenvalue weighted by molar-refractivity contribution is 7.83. The Balaban J connectivity index is 1.34. The Labute approximate surface area is 298 Å². The SMILES string of the molecule is COc1cc2cc(OCCc3nc(-c4ccccc4)oc3C)ccc2nc1C([P]1(O)N(C)CC(C)(C)CN1C)[P]1(O)N(C)CC(C)(C)CN1C. The maximum Gasteiger partial charge on any atom is 0.226 e. The maximum atomic E-state index is 13.1. The predicted octanol–water partition coefficient (Wildman–Crippen LogP) is 7.14. The van der Waals surface area contributed by atoms with E-state index in [2.05, 4.69) is 46.4 Å². The van der Waals surface area contributed by atoms with Crippen molar-refractivity contribution in [2.75, 3.05) is 68.1 Å². The van der Waals surface area contributed by atoms with Crippen LogP contribution in [0.15, 0.2) is 59.0 Å². The molecule has 0 spiro atoms. The lowest BCUT2D eigenvalue weighted by Gasteiger charge is -2.64. The molecule has 272 valence electrons. The molecule has 50 heavy (non-hydrogen) atoms. The Kier molecular flexibility index (Phi) is 10.1. The van der Waals surface area contributed by atoms with Gasteiger partial charge in [0.05, 0.1) is 24.9 Å². The zero-order valence-electron chi connectivity index (χ0n) is 31.2. The van der Waals surface area contributed by atoms with E-state index < -0.39 is 21.0 Å². The summed E-state index contributed by atoms with van der Waals surface area (Å²) in [5.41, 5.74) is 3.05. The average molecular weight is 725 g/mol. The van der Waals surface area contributed by atoms with E-state index in [1.54, 1.807) is 7.11 Å². The molecule has 0 unspecified atom stereocenters. The van der Waals surface area contributed by atoms with Gasteiger partial charge in [-0.1, -0.05) is 45.9 Å². The number of rotatable bonds is 9. The molecule has 6 rings (SSSR count). The van der Waals surface area contributed by atoms with Crippen molar-refractivity contribution in [3.05, 3.63) is 71.7 Å². The standard InChI is InChI=1S/C37H54N6O5P2/c1-26-30(39-34(48-26)27-14-12-11-13-15-27)18-19-47-29-16-17-31-28(20-29)21-32(46-10)33(38-31)35(49(44)40(6)22-36(2,3)23-41(49)7)50(45)42(8)24-37(4,5)25-43(50)9/h11-17,20-21,35,44-45H,18-19,22-25H2,1-10H3. The van der Waals surface area contributed by atoms with E-state index >= 15 is 0 Å². The first kappa shape index (κ1) is 37.1. The molecule has 13 heteroatoms. The van der Waals surface area contributed by atoms with E-state index in [1.165, 1.54) is 0 Å². The van der Waals surface area contributed by atoms with Crippen LogP contribution in [-0.4, -0.2) is 107 Å². The molecule has 4 heterocycles. The second-order valence-corrected chi connectivity index (χ2v) is 22.2. The van der Waals surface area contributed by atoms with Crippen molar-refractivity contribution in [3.8, 4) is 23.0 Å². The second-order valence-electron chi connectivity index (χ2n) is 15.6. The zero-order valence-corrected chi connectivity index (χ0v) is 33.0. The highest BCUT2D eigenvalue weighted by atomic mass is 31.3. The number of nitrogens with zero attached hydrogens (tertiary/aromatic N) is 6.